The highest BCUT2D eigenvalue weighted by atomic mass is 16.1. The molecule has 1 saturated carbocycles. The minimum absolute atomic E-state index is 0.161. The molecule has 0 unspecified atom stereocenters. The molecule has 1 aromatic heterocycles. The van der Waals surface area contributed by atoms with E-state index in [1.807, 2.05) is 32.9 Å². The maximum atomic E-state index is 13.6. The number of carbonyl (C=O) groups is 1. The molecule has 4 N–H and O–H groups in total. The SMILES string of the molecule is CCN(c1cc(C#CCN2CCN(C)CC2)cc(C(=O)NCc2c(C)cc(C)[nH]c2=O)c1C)C1CCC(N)CC1. The third-order valence-corrected chi connectivity index (χ3v) is 8.51. The van der Waals surface area contributed by atoms with Crippen LogP contribution in [-0.2, 0) is 6.54 Å². The number of pyridine rings is 1. The van der Waals surface area contributed by atoms with Crippen LogP contribution in [0.1, 0.15) is 70.9 Å². The summed E-state index contributed by atoms with van der Waals surface area (Å²) in [5.41, 5.74) is 11.8. The van der Waals surface area contributed by atoms with E-state index in [9.17, 15) is 9.59 Å². The predicted octanol–water partition coefficient (Wildman–Crippen LogP) is 2.93. The lowest BCUT2D eigenvalue weighted by molar-refractivity contribution is 0.0950. The zero-order valence-electron chi connectivity index (χ0n) is 24.9. The van der Waals surface area contributed by atoms with Gasteiger partial charge in [0, 0.05) is 79.4 Å². The van der Waals surface area contributed by atoms with Crippen molar-refractivity contribution in [2.75, 3.05) is 51.2 Å². The molecule has 2 aliphatic rings. The number of hydrogen-bond acceptors (Lipinski definition) is 6. The van der Waals surface area contributed by atoms with Gasteiger partial charge in [-0.25, -0.2) is 0 Å². The van der Waals surface area contributed by atoms with E-state index < -0.39 is 0 Å². The Bertz CT molecular complexity index is 1310. The third-order valence-electron chi connectivity index (χ3n) is 8.51. The molecule has 2 heterocycles. The molecule has 0 atom stereocenters. The lowest BCUT2D eigenvalue weighted by Gasteiger charge is -2.38. The first-order chi connectivity index (χ1) is 19.2. The van der Waals surface area contributed by atoms with Crippen LogP contribution in [0, 0.1) is 32.6 Å². The smallest absolute Gasteiger partial charge is 0.253 e. The summed E-state index contributed by atoms with van der Waals surface area (Å²) in [6, 6.07) is 6.65. The van der Waals surface area contributed by atoms with E-state index in [1.165, 1.54) is 0 Å². The maximum Gasteiger partial charge on any atom is 0.253 e. The van der Waals surface area contributed by atoms with Crippen molar-refractivity contribution in [2.45, 2.75) is 72.0 Å². The van der Waals surface area contributed by atoms with E-state index in [2.05, 4.69) is 56.9 Å². The van der Waals surface area contributed by atoms with Crippen LogP contribution < -0.4 is 21.5 Å². The summed E-state index contributed by atoms with van der Waals surface area (Å²) in [5, 5.41) is 3.01. The zero-order chi connectivity index (χ0) is 28.8. The quantitative estimate of drug-likeness (QED) is 0.462. The molecule has 1 amide bonds. The lowest BCUT2D eigenvalue weighted by atomic mass is 9.89. The number of rotatable bonds is 7. The summed E-state index contributed by atoms with van der Waals surface area (Å²) in [6.45, 7) is 13.8. The fourth-order valence-electron chi connectivity index (χ4n) is 5.97. The molecule has 2 aromatic rings. The van der Waals surface area contributed by atoms with Gasteiger partial charge >= 0.3 is 0 Å². The van der Waals surface area contributed by atoms with Crippen LogP contribution in [-0.4, -0.2) is 79.1 Å². The second-order valence-electron chi connectivity index (χ2n) is 11.5. The summed E-state index contributed by atoms with van der Waals surface area (Å²) in [6.07, 6.45) is 4.13. The van der Waals surface area contributed by atoms with Gasteiger partial charge in [-0.3, -0.25) is 14.5 Å². The van der Waals surface area contributed by atoms with Crippen molar-refractivity contribution in [1.82, 2.24) is 20.1 Å². The van der Waals surface area contributed by atoms with E-state index >= 15 is 0 Å². The zero-order valence-corrected chi connectivity index (χ0v) is 24.9. The number of aromatic amines is 1. The number of likely N-dealkylation sites (N-methyl/N-ethyl adjacent to an activating group) is 1. The summed E-state index contributed by atoms with van der Waals surface area (Å²) < 4.78 is 0. The number of nitrogens with zero attached hydrogens (tertiary/aromatic N) is 3. The van der Waals surface area contributed by atoms with Crippen LogP contribution in [0.25, 0.3) is 0 Å². The van der Waals surface area contributed by atoms with Gasteiger partial charge in [-0.05, 0) is 89.8 Å². The average Bonchev–Trinajstić information content (AvgIpc) is 2.92. The van der Waals surface area contributed by atoms with E-state index in [0.29, 0.717) is 23.7 Å². The van der Waals surface area contributed by atoms with Crippen molar-refractivity contribution in [2.24, 2.45) is 5.73 Å². The first-order valence-electron chi connectivity index (χ1n) is 14.7. The number of aryl methyl sites for hydroxylation is 2. The first-order valence-corrected chi connectivity index (χ1v) is 14.7. The summed E-state index contributed by atoms with van der Waals surface area (Å²) >= 11 is 0. The van der Waals surface area contributed by atoms with Gasteiger partial charge in [0.1, 0.15) is 0 Å². The van der Waals surface area contributed by atoms with E-state index in [-0.39, 0.29) is 24.1 Å². The first kappa shape index (κ1) is 29.9. The molecule has 8 nitrogen and oxygen atoms in total. The summed E-state index contributed by atoms with van der Waals surface area (Å²) in [5.74, 6) is 6.54. The van der Waals surface area contributed by atoms with Crippen LogP contribution in [0.2, 0.25) is 0 Å². The topological polar surface area (TPSA) is 97.7 Å². The number of piperazine rings is 1. The molecular formula is C32H46N6O2. The normalized spacial score (nSPS) is 20.1. The second kappa shape index (κ2) is 13.5. The predicted molar refractivity (Wildman–Crippen MR) is 163 cm³/mol. The van der Waals surface area contributed by atoms with Gasteiger partial charge < -0.3 is 25.8 Å². The Hall–Kier alpha value is -3.12. The number of H-pyrrole nitrogens is 1. The molecule has 1 saturated heterocycles. The molecule has 216 valence electrons. The molecule has 0 radical (unpaired) electrons. The summed E-state index contributed by atoms with van der Waals surface area (Å²) in [7, 11) is 2.15. The second-order valence-corrected chi connectivity index (χ2v) is 11.5. The number of anilines is 1. The Morgan fingerprint density at radius 3 is 2.45 bits per heavy atom. The van der Waals surface area contributed by atoms with Crippen molar-refractivity contribution in [3.05, 3.63) is 62.1 Å². The van der Waals surface area contributed by atoms with Crippen LogP contribution in [0.4, 0.5) is 5.69 Å². The van der Waals surface area contributed by atoms with Gasteiger partial charge in [0.05, 0.1) is 6.54 Å². The van der Waals surface area contributed by atoms with Crippen LogP contribution in [0.5, 0.6) is 0 Å². The van der Waals surface area contributed by atoms with E-state index in [0.717, 1.165) is 86.5 Å². The van der Waals surface area contributed by atoms with Crippen LogP contribution in [0.15, 0.2) is 23.0 Å². The van der Waals surface area contributed by atoms with E-state index in [4.69, 9.17) is 5.73 Å². The lowest BCUT2D eigenvalue weighted by Crippen LogP contribution is -2.44. The fraction of sp³-hybridized carbons (Fsp3) is 0.562. The van der Waals surface area contributed by atoms with Gasteiger partial charge in [0.15, 0.2) is 0 Å². The molecule has 1 aliphatic carbocycles. The molecular weight excluding hydrogens is 500 g/mol. The maximum absolute atomic E-state index is 13.6. The number of benzene rings is 1. The number of amides is 1. The van der Waals surface area contributed by atoms with Crippen molar-refractivity contribution in [1.29, 1.82) is 0 Å². The van der Waals surface area contributed by atoms with Crippen LogP contribution >= 0.6 is 0 Å². The molecule has 0 spiro atoms. The largest absolute Gasteiger partial charge is 0.369 e. The summed E-state index contributed by atoms with van der Waals surface area (Å²) in [4.78, 5) is 36.1. The molecule has 0 bridgehead atoms. The Morgan fingerprint density at radius 1 is 1.10 bits per heavy atom. The standard InChI is InChI=1S/C32H46N6O2/c1-6-38(27-11-9-26(33)10-12-27)30-20-25(8-7-13-37-16-14-36(5)15-17-37)19-28(24(30)4)31(39)34-21-29-22(2)18-23(3)35-32(29)40/h18-20,26-27H,6,9-17,21,33H2,1-5H3,(H,34,39)(H,35,40). The Morgan fingerprint density at radius 2 is 1.80 bits per heavy atom. The Kier molecular flexibility index (Phi) is 10.1. The van der Waals surface area contributed by atoms with Crippen molar-refractivity contribution < 1.29 is 4.79 Å². The number of nitrogens with two attached hydrogens (primary N) is 1. The fourth-order valence-corrected chi connectivity index (χ4v) is 5.97. The van der Waals surface area contributed by atoms with Gasteiger partial charge in [-0.15, -0.1) is 0 Å². The number of carbonyl (C=O) groups excluding carboxylic acids is 1. The molecule has 8 heteroatoms. The molecule has 1 aliphatic heterocycles. The minimum atomic E-state index is -0.192. The van der Waals surface area contributed by atoms with Crippen molar-refractivity contribution >= 4 is 11.6 Å². The van der Waals surface area contributed by atoms with Gasteiger partial charge in [0.25, 0.3) is 11.5 Å². The number of aromatic nitrogens is 1. The number of hydrogen-bond donors (Lipinski definition) is 3. The van der Waals surface area contributed by atoms with Gasteiger partial charge in [0.2, 0.25) is 0 Å². The number of nitrogens with one attached hydrogen (secondary N) is 2. The molecule has 40 heavy (non-hydrogen) atoms. The van der Waals surface area contributed by atoms with Crippen LogP contribution in [0.3, 0.4) is 0 Å². The molecule has 4 rings (SSSR count). The third kappa shape index (κ3) is 7.34. The Labute approximate surface area is 239 Å². The highest BCUT2D eigenvalue weighted by Crippen LogP contribution is 2.32. The average molecular weight is 547 g/mol. The van der Waals surface area contributed by atoms with E-state index in [1.54, 1.807) is 0 Å². The van der Waals surface area contributed by atoms with Crippen molar-refractivity contribution in [3.8, 4) is 11.8 Å². The Balaban J connectivity index is 1.62. The van der Waals surface area contributed by atoms with Crippen molar-refractivity contribution in [3.63, 3.8) is 0 Å². The highest BCUT2D eigenvalue weighted by Gasteiger charge is 2.26. The minimum Gasteiger partial charge on any atom is -0.369 e. The molecule has 1 aromatic carbocycles. The highest BCUT2D eigenvalue weighted by molar-refractivity contribution is 5.97. The molecule has 2 fully saturated rings. The van der Waals surface area contributed by atoms with Gasteiger partial charge in [-0.2, -0.15) is 0 Å². The van der Waals surface area contributed by atoms with Gasteiger partial charge in [-0.1, -0.05) is 11.8 Å². The monoisotopic (exact) mass is 546 g/mol.